The van der Waals surface area contributed by atoms with Crippen LogP contribution in [0, 0.1) is 29.0 Å². The van der Waals surface area contributed by atoms with E-state index in [0.29, 0.717) is 39.4 Å². The summed E-state index contributed by atoms with van der Waals surface area (Å²) in [6.45, 7) is 13.8. The molecule has 1 aromatic carbocycles. The molecule has 0 saturated heterocycles. The fraction of sp³-hybridized carbons (Fsp3) is 0.741. The molecule has 0 aromatic heterocycles. The van der Waals surface area contributed by atoms with Crippen molar-refractivity contribution in [2.75, 3.05) is 6.61 Å². The van der Waals surface area contributed by atoms with Crippen molar-refractivity contribution in [2.45, 2.75) is 103 Å². The number of carboxylic acid groups (broad SMARTS) is 1. The minimum atomic E-state index is -0.250. The average molecular weight is 503 g/mol. The van der Waals surface area contributed by atoms with Gasteiger partial charge in [-0.1, -0.05) is 66.0 Å². The molecule has 0 aliphatic heterocycles. The van der Waals surface area contributed by atoms with Crippen LogP contribution in [0.1, 0.15) is 92.9 Å². The molecule has 1 N–H and O–H groups in total. The number of hydrogen-bond donors (Lipinski definition) is 1. The molecule has 2 aliphatic rings. The minimum Gasteiger partial charge on any atom is -0.491 e. The quantitative estimate of drug-likeness (QED) is 0.407. The molecule has 2 aliphatic carbocycles. The van der Waals surface area contributed by atoms with Crippen molar-refractivity contribution in [3.63, 3.8) is 0 Å². The zero-order chi connectivity index (χ0) is 25.0. The molecule has 0 amide bonds. The topological polar surface area (TPSA) is 46.5 Å². The summed E-state index contributed by atoms with van der Waals surface area (Å²) in [4.78, 5) is 9.03. The third-order valence-corrected chi connectivity index (χ3v) is 8.12. The molecule has 2 saturated carbocycles. The summed E-state index contributed by atoms with van der Waals surface area (Å²) in [5.41, 5.74) is 0.107. The maximum atomic E-state index is 14.7. The van der Waals surface area contributed by atoms with E-state index >= 15 is 0 Å². The van der Waals surface area contributed by atoms with E-state index in [-0.39, 0.29) is 17.7 Å². The lowest BCUT2D eigenvalue weighted by molar-refractivity contribution is -0.122. The van der Waals surface area contributed by atoms with Crippen LogP contribution in [0.15, 0.2) is 17.0 Å². The fourth-order valence-corrected chi connectivity index (χ4v) is 7.24. The number of thioether (sulfide) groups is 1. The lowest BCUT2D eigenvalue weighted by atomic mass is 9.69. The highest BCUT2D eigenvalue weighted by Gasteiger charge is 2.33. The van der Waals surface area contributed by atoms with E-state index in [4.69, 9.17) is 26.2 Å². The van der Waals surface area contributed by atoms with Crippen LogP contribution in [0.4, 0.5) is 4.39 Å². The van der Waals surface area contributed by atoms with E-state index in [1.165, 1.54) is 44.6 Å². The van der Waals surface area contributed by atoms with Crippen LogP contribution in [0.2, 0.25) is 5.02 Å². The summed E-state index contributed by atoms with van der Waals surface area (Å²) in [6.07, 6.45) is 9.71. The Balaban J connectivity index is 0.00000101. The smallest absolute Gasteiger partial charge is 0.290 e. The Bertz CT molecular complexity index is 695. The Hall–Kier alpha value is -0.940. The zero-order valence-electron chi connectivity index (χ0n) is 21.3. The number of carbonyl (C=O) groups is 1. The summed E-state index contributed by atoms with van der Waals surface area (Å²) in [5.74, 6) is 2.47. The van der Waals surface area contributed by atoms with E-state index in [2.05, 4.69) is 27.7 Å². The van der Waals surface area contributed by atoms with Gasteiger partial charge in [-0.05, 0) is 62.3 Å². The van der Waals surface area contributed by atoms with Gasteiger partial charge in [-0.2, -0.15) is 0 Å². The van der Waals surface area contributed by atoms with E-state index in [9.17, 15) is 4.39 Å². The molecule has 3 rings (SSSR count). The molecular formula is C27H44ClFO3S. The highest BCUT2D eigenvalue weighted by Crippen LogP contribution is 2.43. The van der Waals surface area contributed by atoms with Crippen LogP contribution in [-0.2, 0) is 4.79 Å². The average Bonchev–Trinajstić information content (AvgIpc) is 3.23. The molecular weight excluding hydrogens is 459 g/mol. The van der Waals surface area contributed by atoms with Crippen molar-refractivity contribution >= 4 is 29.8 Å². The fourth-order valence-electron chi connectivity index (χ4n) is 5.67. The van der Waals surface area contributed by atoms with Gasteiger partial charge in [0.15, 0.2) is 0 Å². The molecule has 0 heterocycles. The molecule has 33 heavy (non-hydrogen) atoms. The van der Waals surface area contributed by atoms with Crippen molar-refractivity contribution < 1.29 is 19.0 Å². The molecule has 2 unspecified atom stereocenters. The second-order valence-corrected chi connectivity index (χ2v) is 11.9. The van der Waals surface area contributed by atoms with E-state index in [1.54, 1.807) is 17.8 Å². The second-order valence-electron chi connectivity index (χ2n) is 10.1. The SMILES string of the molecule is CC.CC1C[C@@H](C)CC(C)(COc2cc(F)c(SC3CCCC3)cc2Cl)C[C@@H](C)C1.O=CO. The van der Waals surface area contributed by atoms with Crippen LogP contribution in [-0.4, -0.2) is 23.4 Å². The van der Waals surface area contributed by atoms with Crippen molar-refractivity contribution in [3.05, 3.63) is 23.0 Å². The Morgan fingerprint density at radius 3 is 2.15 bits per heavy atom. The van der Waals surface area contributed by atoms with Gasteiger partial charge in [-0.15, -0.1) is 11.8 Å². The first kappa shape index (κ1) is 30.1. The Morgan fingerprint density at radius 1 is 1.12 bits per heavy atom. The lowest BCUT2D eigenvalue weighted by Crippen LogP contribution is -2.32. The summed E-state index contributed by atoms with van der Waals surface area (Å²) in [5, 5.41) is 7.95. The third kappa shape index (κ3) is 10.5. The van der Waals surface area contributed by atoms with Gasteiger partial charge < -0.3 is 9.84 Å². The maximum Gasteiger partial charge on any atom is 0.290 e. The molecule has 0 bridgehead atoms. The Labute approximate surface area is 210 Å². The first-order valence-electron chi connectivity index (χ1n) is 12.5. The van der Waals surface area contributed by atoms with Crippen LogP contribution in [0.25, 0.3) is 0 Å². The van der Waals surface area contributed by atoms with Crippen molar-refractivity contribution in [2.24, 2.45) is 23.2 Å². The van der Waals surface area contributed by atoms with Crippen LogP contribution in [0.5, 0.6) is 5.75 Å². The van der Waals surface area contributed by atoms with Crippen molar-refractivity contribution in [1.29, 1.82) is 0 Å². The van der Waals surface area contributed by atoms with Gasteiger partial charge in [0.05, 0.1) is 11.6 Å². The van der Waals surface area contributed by atoms with Gasteiger partial charge in [0, 0.05) is 21.6 Å². The largest absolute Gasteiger partial charge is 0.491 e. The van der Waals surface area contributed by atoms with Crippen molar-refractivity contribution in [3.8, 4) is 5.75 Å². The molecule has 0 radical (unpaired) electrons. The summed E-state index contributed by atoms with van der Waals surface area (Å²) in [7, 11) is 0. The summed E-state index contributed by atoms with van der Waals surface area (Å²) >= 11 is 8.12. The maximum absolute atomic E-state index is 14.7. The van der Waals surface area contributed by atoms with Gasteiger partial charge in [0.2, 0.25) is 0 Å². The van der Waals surface area contributed by atoms with E-state index in [1.807, 2.05) is 13.8 Å². The minimum absolute atomic E-state index is 0.107. The number of hydrogen-bond acceptors (Lipinski definition) is 3. The van der Waals surface area contributed by atoms with Gasteiger partial charge in [0.25, 0.3) is 6.47 Å². The third-order valence-electron chi connectivity index (χ3n) is 6.45. The van der Waals surface area contributed by atoms with Gasteiger partial charge in [-0.25, -0.2) is 4.39 Å². The van der Waals surface area contributed by atoms with E-state index in [0.717, 1.165) is 18.8 Å². The molecule has 4 atom stereocenters. The Morgan fingerprint density at radius 2 is 1.64 bits per heavy atom. The predicted octanol–water partition coefficient (Wildman–Crippen LogP) is 9.11. The predicted molar refractivity (Wildman–Crippen MR) is 139 cm³/mol. The lowest BCUT2D eigenvalue weighted by Gasteiger charge is -2.38. The number of ether oxygens (including phenoxy) is 1. The van der Waals surface area contributed by atoms with Crippen molar-refractivity contribution in [1.82, 2.24) is 0 Å². The second kappa shape index (κ2) is 15.1. The normalized spacial score (nSPS) is 27.8. The van der Waals surface area contributed by atoms with Crippen LogP contribution >= 0.6 is 23.4 Å². The Kier molecular flexibility index (Phi) is 13.8. The zero-order valence-corrected chi connectivity index (χ0v) is 22.9. The molecule has 0 spiro atoms. The summed E-state index contributed by atoms with van der Waals surface area (Å²) < 4.78 is 20.8. The standard InChI is InChI=1S/C24H36ClFOS.C2H6.CH2O2/c1-16-9-17(2)13-24(4,14-18(3)10-16)15-27-22-12-21(26)23(11-20(22)25)28-19-7-5-6-8-19;1-2;2-1-3/h11-12,16-19H,5-10,13-15H2,1-4H3;1-2H3;1H,(H,2,3)/t16?,17-,18+,24?;;. The molecule has 190 valence electrons. The molecule has 6 heteroatoms. The van der Waals surface area contributed by atoms with Gasteiger partial charge in [0.1, 0.15) is 11.6 Å². The van der Waals surface area contributed by atoms with Crippen LogP contribution < -0.4 is 4.74 Å². The highest BCUT2D eigenvalue weighted by atomic mass is 35.5. The van der Waals surface area contributed by atoms with Gasteiger partial charge in [-0.3, -0.25) is 4.79 Å². The first-order valence-corrected chi connectivity index (χ1v) is 13.8. The van der Waals surface area contributed by atoms with Crippen LogP contribution in [0.3, 0.4) is 0 Å². The first-order chi connectivity index (χ1) is 15.7. The number of rotatable bonds is 5. The number of benzene rings is 1. The molecule has 1 aromatic rings. The molecule has 2 fully saturated rings. The van der Waals surface area contributed by atoms with E-state index < -0.39 is 0 Å². The monoisotopic (exact) mass is 502 g/mol. The summed E-state index contributed by atoms with van der Waals surface area (Å²) in [6, 6.07) is 3.27. The van der Waals surface area contributed by atoms with Gasteiger partial charge >= 0.3 is 0 Å². The highest BCUT2D eigenvalue weighted by molar-refractivity contribution is 8.00. The molecule has 3 nitrogen and oxygen atoms in total. The number of halogens is 2.